The minimum atomic E-state index is -3.92. The van der Waals surface area contributed by atoms with Crippen molar-refractivity contribution < 1.29 is 22.7 Å². The van der Waals surface area contributed by atoms with E-state index >= 15 is 0 Å². The lowest BCUT2D eigenvalue weighted by atomic mass is 9.90. The van der Waals surface area contributed by atoms with Gasteiger partial charge >= 0.3 is 6.09 Å². The zero-order chi connectivity index (χ0) is 34.6. The summed E-state index contributed by atoms with van der Waals surface area (Å²) in [5, 5.41) is 0.725. The van der Waals surface area contributed by atoms with E-state index in [1.54, 1.807) is 68.7 Å². The van der Waals surface area contributed by atoms with E-state index in [1.807, 2.05) is 45.0 Å². The molecule has 2 aromatic heterocycles. The van der Waals surface area contributed by atoms with Gasteiger partial charge in [0.15, 0.2) is 5.65 Å². The van der Waals surface area contributed by atoms with Crippen molar-refractivity contribution in [3.63, 3.8) is 0 Å². The third-order valence-electron chi connectivity index (χ3n) is 9.09. The first-order valence-corrected chi connectivity index (χ1v) is 17.5. The molecular weight excluding hydrogens is 625 g/mol. The zero-order valence-electron chi connectivity index (χ0n) is 28.6. The number of carbonyl (C=O) groups is 2. The van der Waals surface area contributed by atoms with Gasteiger partial charge in [-0.15, -0.1) is 0 Å². The highest BCUT2D eigenvalue weighted by Crippen LogP contribution is 2.38. The number of ether oxygens (including phenoxy) is 1. The molecule has 0 N–H and O–H groups in total. The van der Waals surface area contributed by atoms with Crippen molar-refractivity contribution in [2.24, 2.45) is 0 Å². The number of hydrogen-bond donors (Lipinski definition) is 0. The topological polar surface area (TPSA) is 102 Å². The maximum atomic E-state index is 14.2. The number of aryl methyl sites for hydroxylation is 1. The monoisotopic (exact) mass is 666 g/mol. The first-order valence-electron chi connectivity index (χ1n) is 16.1. The third kappa shape index (κ3) is 6.17. The van der Waals surface area contributed by atoms with Gasteiger partial charge in [0.2, 0.25) is 10.0 Å². The van der Waals surface area contributed by atoms with Gasteiger partial charge in [0.05, 0.1) is 0 Å². The average Bonchev–Trinajstić information content (AvgIpc) is 3.48. The van der Waals surface area contributed by atoms with Gasteiger partial charge in [-0.1, -0.05) is 42.5 Å². The van der Waals surface area contributed by atoms with Crippen LogP contribution in [-0.2, 0) is 27.7 Å². The van der Waals surface area contributed by atoms with Crippen molar-refractivity contribution in [1.29, 1.82) is 0 Å². The predicted molar refractivity (Wildman–Crippen MR) is 189 cm³/mol. The SMILES string of the molecule is Cc1cc(-c2cnc3c(ccn3S(=O)(=O)C3(C)C=CC=C(c4ccc(C(=O)N(C)C)cc4)C3)c2)cc2c1CN(C(=O)OC(C)(C)C)CC2. The van der Waals surface area contributed by atoms with E-state index in [1.165, 1.54) is 14.4 Å². The molecule has 10 heteroatoms. The third-order valence-corrected chi connectivity index (χ3v) is 11.4. The first kappa shape index (κ1) is 33.2. The van der Waals surface area contributed by atoms with Crippen molar-refractivity contribution >= 4 is 38.6 Å². The summed E-state index contributed by atoms with van der Waals surface area (Å²) in [6, 6.07) is 15.3. The van der Waals surface area contributed by atoms with E-state index < -0.39 is 20.4 Å². The lowest BCUT2D eigenvalue weighted by Crippen LogP contribution is -2.40. The van der Waals surface area contributed by atoms with E-state index in [0.29, 0.717) is 30.7 Å². The van der Waals surface area contributed by atoms with Crippen molar-refractivity contribution in [3.05, 3.63) is 107 Å². The van der Waals surface area contributed by atoms with Crippen molar-refractivity contribution in [1.82, 2.24) is 18.8 Å². The summed E-state index contributed by atoms with van der Waals surface area (Å²) in [7, 11) is -0.499. The number of fused-ring (bicyclic) bond motifs is 2. The van der Waals surface area contributed by atoms with Crippen LogP contribution in [0.3, 0.4) is 0 Å². The molecule has 2 amide bonds. The van der Waals surface area contributed by atoms with Gasteiger partial charge in [0, 0.05) is 56.1 Å². The molecular formula is C38H42N4O5S. The summed E-state index contributed by atoms with van der Waals surface area (Å²) >= 11 is 0. The van der Waals surface area contributed by atoms with Crippen LogP contribution < -0.4 is 0 Å². The molecule has 1 aliphatic carbocycles. The molecule has 0 spiro atoms. The van der Waals surface area contributed by atoms with E-state index in [2.05, 4.69) is 24.0 Å². The van der Waals surface area contributed by atoms with Crippen LogP contribution in [0.5, 0.6) is 0 Å². The molecule has 0 bridgehead atoms. The number of pyridine rings is 1. The lowest BCUT2D eigenvalue weighted by Gasteiger charge is -2.32. The van der Waals surface area contributed by atoms with Gasteiger partial charge in [-0.05, 0) is 105 Å². The van der Waals surface area contributed by atoms with Gasteiger partial charge in [-0.3, -0.25) is 4.79 Å². The largest absolute Gasteiger partial charge is 0.444 e. The van der Waals surface area contributed by atoms with Crippen LogP contribution in [0.1, 0.15) is 66.7 Å². The fraction of sp³-hybridized carbons (Fsp3) is 0.342. The van der Waals surface area contributed by atoms with Crippen molar-refractivity contribution in [2.75, 3.05) is 20.6 Å². The molecule has 0 fully saturated rings. The fourth-order valence-corrected chi connectivity index (χ4v) is 8.05. The smallest absolute Gasteiger partial charge is 0.410 e. The van der Waals surface area contributed by atoms with Crippen LogP contribution in [0, 0.1) is 6.92 Å². The Morgan fingerprint density at radius 3 is 2.42 bits per heavy atom. The minimum absolute atomic E-state index is 0.0879. The fourth-order valence-electron chi connectivity index (χ4n) is 6.41. The molecule has 4 aromatic rings. The Morgan fingerprint density at radius 1 is 1.00 bits per heavy atom. The van der Waals surface area contributed by atoms with Crippen LogP contribution in [-0.4, -0.2) is 70.2 Å². The molecule has 2 aromatic carbocycles. The number of allylic oxidation sites excluding steroid dienone is 3. The zero-order valence-corrected chi connectivity index (χ0v) is 29.4. The lowest BCUT2D eigenvalue weighted by molar-refractivity contribution is 0.0223. The maximum absolute atomic E-state index is 14.2. The summed E-state index contributed by atoms with van der Waals surface area (Å²) in [4.78, 5) is 33.0. The molecule has 1 atom stereocenters. The maximum Gasteiger partial charge on any atom is 0.410 e. The number of nitrogens with zero attached hydrogens (tertiary/aromatic N) is 4. The number of aromatic nitrogens is 2. The number of benzene rings is 2. The van der Waals surface area contributed by atoms with Gasteiger partial charge in [0.1, 0.15) is 10.3 Å². The summed E-state index contributed by atoms with van der Waals surface area (Å²) < 4.78 is 34.2. The number of rotatable bonds is 5. The molecule has 0 saturated carbocycles. The number of carbonyl (C=O) groups excluding carboxylic acids is 2. The standard InChI is InChI=1S/C38H42N4O5S/c1-25-19-31(20-28-14-17-41(24-33(25)28)36(44)47-37(2,3)4)32-21-29-15-18-42(34(29)39-23-32)48(45,46)38(5)16-8-9-30(22-38)26-10-12-27(13-11-26)35(43)40(6)7/h8-13,15-16,18-21,23H,14,17,22,24H2,1-7H3. The van der Waals surface area contributed by atoms with E-state index in [0.717, 1.165) is 38.8 Å². The molecule has 2 aliphatic rings. The highest BCUT2D eigenvalue weighted by molar-refractivity contribution is 7.91. The Labute approximate surface area is 282 Å². The minimum Gasteiger partial charge on any atom is -0.444 e. The quantitative estimate of drug-likeness (QED) is 0.228. The van der Waals surface area contributed by atoms with Crippen LogP contribution in [0.2, 0.25) is 0 Å². The molecule has 1 aliphatic heterocycles. The van der Waals surface area contributed by atoms with Crippen LogP contribution in [0.4, 0.5) is 4.79 Å². The summed E-state index contributed by atoms with van der Waals surface area (Å²) in [5.74, 6) is -0.0879. The molecule has 1 unspecified atom stereocenters. The molecule has 6 rings (SSSR count). The highest BCUT2D eigenvalue weighted by atomic mass is 32.2. The van der Waals surface area contributed by atoms with Gasteiger partial charge in [-0.25, -0.2) is 22.2 Å². The molecule has 48 heavy (non-hydrogen) atoms. The number of hydrogen-bond acceptors (Lipinski definition) is 6. The van der Waals surface area contributed by atoms with Crippen molar-refractivity contribution in [3.8, 4) is 11.1 Å². The highest BCUT2D eigenvalue weighted by Gasteiger charge is 2.41. The van der Waals surface area contributed by atoms with Crippen LogP contribution in [0.15, 0.2) is 79.2 Å². The van der Waals surface area contributed by atoms with Crippen LogP contribution in [0.25, 0.3) is 27.7 Å². The Kier molecular flexibility index (Phi) is 8.35. The molecule has 3 heterocycles. The molecule has 0 saturated heterocycles. The van der Waals surface area contributed by atoms with Gasteiger partial charge < -0.3 is 14.5 Å². The molecule has 250 valence electrons. The van der Waals surface area contributed by atoms with E-state index in [-0.39, 0.29) is 18.4 Å². The summed E-state index contributed by atoms with van der Waals surface area (Å²) in [6.07, 6.45) is 9.44. The van der Waals surface area contributed by atoms with Crippen LogP contribution >= 0.6 is 0 Å². The average molecular weight is 667 g/mol. The Bertz CT molecular complexity index is 2100. The Morgan fingerprint density at radius 2 is 1.73 bits per heavy atom. The number of amides is 2. The predicted octanol–water partition coefficient (Wildman–Crippen LogP) is 6.99. The van der Waals surface area contributed by atoms with Crippen molar-refractivity contribution in [2.45, 2.75) is 64.4 Å². The van der Waals surface area contributed by atoms with E-state index in [9.17, 15) is 18.0 Å². The summed E-state index contributed by atoms with van der Waals surface area (Å²) in [5.41, 5.74) is 7.42. The normalized spacial score (nSPS) is 18.0. The van der Waals surface area contributed by atoms with Gasteiger partial charge in [0.25, 0.3) is 5.91 Å². The first-order chi connectivity index (χ1) is 22.6. The molecule has 9 nitrogen and oxygen atoms in total. The van der Waals surface area contributed by atoms with E-state index in [4.69, 9.17) is 4.74 Å². The summed E-state index contributed by atoms with van der Waals surface area (Å²) in [6.45, 7) is 10.5. The Balaban J connectivity index is 1.24. The second kappa shape index (κ2) is 12.1. The second-order valence-corrected chi connectivity index (χ2v) is 16.4. The Hall–Kier alpha value is -4.70. The molecule has 0 radical (unpaired) electrons. The van der Waals surface area contributed by atoms with Gasteiger partial charge in [-0.2, -0.15) is 0 Å². The second-order valence-electron chi connectivity index (χ2n) is 14.2.